The van der Waals surface area contributed by atoms with E-state index in [4.69, 9.17) is 5.73 Å². The van der Waals surface area contributed by atoms with Gasteiger partial charge in [0.25, 0.3) is 0 Å². The summed E-state index contributed by atoms with van der Waals surface area (Å²) in [5, 5.41) is 7.66. The highest BCUT2D eigenvalue weighted by Gasteiger charge is 2.18. The predicted octanol–water partition coefficient (Wildman–Crippen LogP) is 1.28. The third kappa shape index (κ3) is 2.89. The van der Waals surface area contributed by atoms with Crippen molar-refractivity contribution >= 4 is 28.0 Å². The summed E-state index contributed by atoms with van der Waals surface area (Å²) in [5.74, 6) is -0.370. The number of ether oxygens (including phenoxy) is 1. The number of methoxy groups -OCH3 is 1. The molecule has 1 fully saturated rings. The van der Waals surface area contributed by atoms with Crippen molar-refractivity contribution in [3.8, 4) is 0 Å². The van der Waals surface area contributed by atoms with E-state index in [1.807, 2.05) is 0 Å². The van der Waals surface area contributed by atoms with E-state index in [9.17, 15) is 4.79 Å². The Labute approximate surface area is 104 Å². The Morgan fingerprint density at radius 2 is 2.29 bits per heavy atom. The lowest BCUT2D eigenvalue weighted by Gasteiger charge is -2.23. The van der Waals surface area contributed by atoms with Crippen LogP contribution in [0.15, 0.2) is 6.07 Å². The highest BCUT2D eigenvalue weighted by molar-refractivity contribution is 7.18. The third-order valence-electron chi connectivity index (χ3n) is 2.82. The van der Waals surface area contributed by atoms with Crippen LogP contribution in [0.5, 0.6) is 0 Å². The van der Waals surface area contributed by atoms with Gasteiger partial charge >= 0.3 is 5.97 Å². The Morgan fingerprint density at radius 3 is 2.94 bits per heavy atom. The summed E-state index contributed by atoms with van der Waals surface area (Å²) in [6.45, 7) is 2.06. The molecule has 0 radical (unpaired) electrons. The quantitative estimate of drug-likeness (QED) is 0.709. The molecule has 0 bridgehead atoms. The van der Waals surface area contributed by atoms with E-state index in [1.54, 1.807) is 6.07 Å². The minimum Gasteiger partial charge on any atom is -0.465 e. The second kappa shape index (κ2) is 5.37. The molecule has 17 heavy (non-hydrogen) atoms. The molecule has 1 aromatic heterocycles. The highest BCUT2D eigenvalue weighted by Crippen LogP contribution is 2.30. The van der Waals surface area contributed by atoms with Crippen molar-refractivity contribution in [1.29, 1.82) is 0 Å². The minimum atomic E-state index is -0.370. The summed E-state index contributed by atoms with van der Waals surface area (Å²) in [6.07, 6.45) is 2.18. The zero-order chi connectivity index (χ0) is 12.3. The van der Waals surface area contributed by atoms with E-state index in [0.717, 1.165) is 30.9 Å². The first-order valence-electron chi connectivity index (χ1n) is 5.65. The van der Waals surface area contributed by atoms with Crippen LogP contribution in [0.2, 0.25) is 0 Å². The van der Waals surface area contributed by atoms with E-state index in [1.165, 1.54) is 18.4 Å². The summed E-state index contributed by atoms with van der Waals surface area (Å²) < 4.78 is 4.67. The number of carbonyl (C=O) groups excluding carboxylic acids is 1. The van der Waals surface area contributed by atoms with Crippen molar-refractivity contribution in [2.75, 3.05) is 31.2 Å². The van der Waals surface area contributed by atoms with Gasteiger partial charge in [-0.05, 0) is 32.0 Å². The molecule has 6 heteroatoms. The fourth-order valence-electron chi connectivity index (χ4n) is 1.90. The first kappa shape index (κ1) is 12.2. The second-order valence-corrected chi connectivity index (χ2v) is 5.11. The van der Waals surface area contributed by atoms with Gasteiger partial charge in [0, 0.05) is 6.04 Å². The lowest BCUT2D eigenvalue weighted by Crippen LogP contribution is -2.35. The van der Waals surface area contributed by atoms with Gasteiger partial charge in [0.05, 0.1) is 17.8 Å². The Morgan fingerprint density at radius 1 is 1.59 bits per heavy atom. The van der Waals surface area contributed by atoms with E-state index >= 15 is 0 Å². The first-order valence-corrected chi connectivity index (χ1v) is 6.47. The molecule has 1 saturated heterocycles. The molecular weight excluding hydrogens is 238 g/mol. The summed E-state index contributed by atoms with van der Waals surface area (Å²) in [5.41, 5.74) is 6.26. The Bertz CT molecular complexity index is 399. The van der Waals surface area contributed by atoms with Crippen LogP contribution in [0.4, 0.5) is 10.7 Å². The Balaban J connectivity index is 2.03. The van der Waals surface area contributed by atoms with Crippen LogP contribution in [-0.4, -0.2) is 32.2 Å². The molecule has 2 rings (SSSR count). The number of anilines is 2. The van der Waals surface area contributed by atoms with Crippen LogP contribution in [0.25, 0.3) is 0 Å². The van der Waals surface area contributed by atoms with Crippen LogP contribution in [0.1, 0.15) is 22.5 Å². The number of nitrogens with one attached hydrogen (secondary N) is 2. The molecule has 0 aliphatic carbocycles. The summed E-state index contributed by atoms with van der Waals surface area (Å²) in [4.78, 5) is 11.9. The van der Waals surface area contributed by atoms with Crippen LogP contribution in [0.3, 0.4) is 0 Å². The number of rotatable bonds is 3. The number of esters is 1. The number of piperidine rings is 1. The van der Waals surface area contributed by atoms with Crippen molar-refractivity contribution in [3.05, 3.63) is 10.9 Å². The van der Waals surface area contributed by atoms with Gasteiger partial charge in [0.15, 0.2) is 0 Å². The molecule has 1 aliphatic heterocycles. The fourth-order valence-corrected chi connectivity index (χ4v) is 2.87. The van der Waals surface area contributed by atoms with E-state index in [-0.39, 0.29) is 5.97 Å². The van der Waals surface area contributed by atoms with Crippen molar-refractivity contribution in [2.45, 2.75) is 18.9 Å². The van der Waals surface area contributed by atoms with Gasteiger partial charge in [0.2, 0.25) is 0 Å². The van der Waals surface area contributed by atoms with E-state index in [2.05, 4.69) is 15.4 Å². The maximum Gasteiger partial charge on any atom is 0.350 e. The summed E-state index contributed by atoms with van der Waals surface area (Å²) in [7, 11) is 1.36. The zero-order valence-electron chi connectivity index (χ0n) is 9.79. The smallest absolute Gasteiger partial charge is 0.350 e. The summed E-state index contributed by atoms with van der Waals surface area (Å²) in [6, 6.07) is 2.26. The lowest BCUT2D eigenvalue weighted by molar-refractivity contribution is 0.0607. The van der Waals surface area contributed by atoms with Gasteiger partial charge in [-0.1, -0.05) is 0 Å². The monoisotopic (exact) mass is 255 g/mol. The molecule has 0 unspecified atom stereocenters. The molecule has 4 N–H and O–H groups in total. The fraction of sp³-hybridized carbons (Fsp3) is 0.545. The maximum absolute atomic E-state index is 11.4. The number of nitrogen functional groups attached to an aromatic ring is 1. The number of hydrogen-bond donors (Lipinski definition) is 3. The molecule has 1 aromatic rings. The summed E-state index contributed by atoms with van der Waals surface area (Å²) >= 11 is 1.35. The molecule has 0 saturated carbocycles. The molecular formula is C11H17N3O2S. The number of hydrogen-bond acceptors (Lipinski definition) is 6. The number of carbonyl (C=O) groups is 1. The predicted molar refractivity (Wildman–Crippen MR) is 69.6 cm³/mol. The highest BCUT2D eigenvalue weighted by atomic mass is 32.1. The van der Waals surface area contributed by atoms with Crippen molar-refractivity contribution < 1.29 is 9.53 Å². The number of thiophene rings is 1. The first-order chi connectivity index (χ1) is 8.20. The molecule has 1 aliphatic rings. The SMILES string of the molecule is COC(=O)c1sc(NC2CCNCC2)cc1N. The van der Waals surface area contributed by atoms with Gasteiger partial charge in [-0.25, -0.2) is 4.79 Å². The normalized spacial score (nSPS) is 16.8. The Hall–Kier alpha value is -1.27. The van der Waals surface area contributed by atoms with E-state index in [0.29, 0.717) is 16.6 Å². The molecule has 0 aromatic carbocycles. The Kier molecular flexibility index (Phi) is 3.86. The van der Waals surface area contributed by atoms with Crippen LogP contribution >= 0.6 is 11.3 Å². The van der Waals surface area contributed by atoms with Crippen molar-refractivity contribution in [2.24, 2.45) is 0 Å². The largest absolute Gasteiger partial charge is 0.465 e. The lowest BCUT2D eigenvalue weighted by atomic mass is 10.1. The average Bonchev–Trinajstić information content (AvgIpc) is 2.70. The van der Waals surface area contributed by atoms with Gasteiger partial charge in [-0.2, -0.15) is 0 Å². The van der Waals surface area contributed by atoms with Crippen LogP contribution in [-0.2, 0) is 4.74 Å². The molecule has 5 nitrogen and oxygen atoms in total. The van der Waals surface area contributed by atoms with Crippen molar-refractivity contribution in [1.82, 2.24) is 5.32 Å². The van der Waals surface area contributed by atoms with Gasteiger partial charge in [-0.15, -0.1) is 11.3 Å². The van der Waals surface area contributed by atoms with Crippen molar-refractivity contribution in [3.63, 3.8) is 0 Å². The zero-order valence-corrected chi connectivity index (χ0v) is 10.6. The van der Waals surface area contributed by atoms with Crippen LogP contribution in [0, 0.1) is 0 Å². The standard InChI is InChI=1S/C11H17N3O2S/c1-16-11(15)10-8(12)6-9(17-10)14-7-2-4-13-5-3-7/h6-7,13-14H,2-5,12H2,1H3. The van der Waals surface area contributed by atoms with Gasteiger partial charge in [-0.3, -0.25) is 0 Å². The molecule has 0 spiro atoms. The average molecular weight is 255 g/mol. The molecule has 94 valence electrons. The number of nitrogens with two attached hydrogens (primary N) is 1. The molecule has 0 amide bonds. The van der Waals surface area contributed by atoms with Gasteiger partial charge in [0.1, 0.15) is 4.88 Å². The second-order valence-electron chi connectivity index (χ2n) is 4.06. The van der Waals surface area contributed by atoms with Gasteiger partial charge < -0.3 is 21.1 Å². The topological polar surface area (TPSA) is 76.4 Å². The third-order valence-corrected chi connectivity index (χ3v) is 3.88. The van der Waals surface area contributed by atoms with Crippen LogP contribution < -0.4 is 16.4 Å². The maximum atomic E-state index is 11.4. The van der Waals surface area contributed by atoms with E-state index < -0.39 is 0 Å². The minimum absolute atomic E-state index is 0.370. The molecule has 2 heterocycles. The molecule has 0 atom stereocenters.